The summed E-state index contributed by atoms with van der Waals surface area (Å²) in [5.41, 5.74) is 1.76. The van der Waals surface area contributed by atoms with E-state index in [4.69, 9.17) is 0 Å². The summed E-state index contributed by atoms with van der Waals surface area (Å²) in [6.45, 7) is 5.30. The molecule has 7 nitrogen and oxygen atoms in total. The first-order chi connectivity index (χ1) is 15.1. The van der Waals surface area contributed by atoms with Crippen molar-refractivity contribution >= 4 is 16.8 Å². The standard InChI is InChI=1S/C24H29N5O2/c1-27-13-15-28(16-14-27)18-21(19-7-3-2-4-8-19)26-24(31)11-12-29-22-10-6-5-9-20(22)23(30)17-25-29/h2-10,17,21H,11-16,18H2,1H3,(H,26,31). The summed E-state index contributed by atoms with van der Waals surface area (Å²) in [6, 6.07) is 17.4. The average molecular weight is 420 g/mol. The van der Waals surface area contributed by atoms with E-state index in [0.717, 1.165) is 43.8 Å². The van der Waals surface area contributed by atoms with Crippen LogP contribution >= 0.6 is 0 Å². The number of carbonyl (C=O) groups is 1. The summed E-state index contributed by atoms with van der Waals surface area (Å²) in [6.07, 6.45) is 1.62. The van der Waals surface area contributed by atoms with E-state index in [1.54, 1.807) is 10.7 Å². The van der Waals surface area contributed by atoms with Crippen LogP contribution in [-0.2, 0) is 11.3 Å². The Kier molecular flexibility index (Phi) is 6.74. The van der Waals surface area contributed by atoms with Gasteiger partial charge in [0.1, 0.15) is 0 Å². The minimum atomic E-state index is -0.104. The molecule has 3 aromatic rings. The van der Waals surface area contributed by atoms with Gasteiger partial charge in [-0.1, -0.05) is 42.5 Å². The zero-order valence-electron chi connectivity index (χ0n) is 17.9. The number of benzene rings is 2. The largest absolute Gasteiger partial charge is 0.348 e. The predicted molar refractivity (Wildman–Crippen MR) is 122 cm³/mol. The molecule has 2 heterocycles. The number of amides is 1. The zero-order chi connectivity index (χ0) is 21.6. The van der Waals surface area contributed by atoms with Gasteiger partial charge >= 0.3 is 0 Å². The molecule has 2 aromatic carbocycles. The molecule has 0 aliphatic carbocycles. The van der Waals surface area contributed by atoms with Gasteiger partial charge < -0.3 is 10.2 Å². The van der Waals surface area contributed by atoms with E-state index in [1.165, 1.54) is 6.20 Å². The molecular weight excluding hydrogens is 390 g/mol. The zero-order valence-corrected chi connectivity index (χ0v) is 17.9. The number of rotatable bonds is 7. The van der Waals surface area contributed by atoms with Crippen molar-refractivity contribution in [2.75, 3.05) is 39.8 Å². The quantitative estimate of drug-likeness (QED) is 0.633. The van der Waals surface area contributed by atoms with Crippen LogP contribution in [0.2, 0.25) is 0 Å². The van der Waals surface area contributed by atoms with Crippen molar-refractivity contribution in [3.8, 4) is 0 Å². The third kappa shape index (κ3) is 5.37. The average Bonchev–Trinajstić information content (AvgIpc) is 2.80. The van der Waals surface area contributed by atoms with Crippen LogP contribution in [0.4, 0.5) is 0 Å². The highest BCUT2D eigenvalue weighted by molar-refractivity contribution is 5.79. The van der Waals surface area contributed by atoms with Gasteiger partial charge in [0.25, 0.3) is 0 Å². The summed E-state index contributed by atoms with van der Waals surface area (Å²) in [5, 5.41) is 8.07. The molecule has 1 fully saturated rings. The Hall–Kier alpha value is -3.03. The van der Waals surface area contributed by atoms with Gasteiger partial charge in [-0.05, 0) is 24.7 Å². The van der Waals surface area contributed by atoms with Crippen LogP contribution in [0, 0.1) is 0 Å². The van der Waals surface area contributed by atoms with Gasteiger partial charge in [-0.15, -0.1) is 0 Å². The van der Waals surface area contributed by atoms with Gasteiger partial charge in [-0.25, -0.2) is 0 Å². The Bertz CT molecular complexity index is 1070. The van der Waals surface area contributed by atoms with Crippen LogP contribution in [0.25, 0.3) is 10.9 Å². The lowest BCUT2D eigenvalue weighted by atomic mass is 10.1. The van der Waals surface area contributed by atoms with Crippen LogP contribution in [0.15, 0.2) is 65.6 Å². The highest BCUT2D eigenvalue weighted by Crippen LogP contribution is 2.16. The van der Waals surface area contributed by atoms with Gasteiger partial charge in [0.05, 0.1) is 24.3 Å². The van der Waals surface area contributed by atoms with Crippen molar-refractivity contribution in [2.45, 2.75) is 19.0 Å². The van der Waals surface area contributed by atoms with Crippen molar-refractivity contribution in [2.24, 2.45) is 0 Å². The molecular formula is C24H29N5O2. The van der Waals surface area contributed by atoms with Gasteiger partial charge in [0.2, 0.25) is 11.3 Å². The van der Waals surface area contributed by atoms with Crippen LogP contribution < -0.4 is 10.7 Å². The van der Waals surface area contributed by atoms with E-state index in [0.29, 0.717) is 18.4 Å². The van der Waals surface area contributed by atoms with Crippen molar-refractivity contribution in [1.29, 1.82) is 0 Å². The minimum Gasteiger partial charge on any atom is -0.348 e. The number of hydrogen-bond donors (Lipinski definition) is 1. The molecule has 1 aliphatic heterocycles. The number of carbonyl (C=O) groups excluding carboxylic acids is 1. The van der Waals surface area contributed by atoms with Gasteiger partial charge in [-0.3, -0.25) is 19.2 Å². The molecule has 1 amide bonds. The molecule has 4 rings (SSSR count). The minimum absolute atomic E-state index is 0.0208. The molecule has 31 heavy (non-hydrogen) atoms. The third-order valence-corrected chi connectivity index (χ3v) is 5.89. The van der Waals surface area contributed by atoms with Crippen molar-refractivity contribution in [3.05, 3.63) is 76.6 Å². The summed E-state index contributed by atoms with van der Waals surface area (Å²) in [5.74, 6) is -0.0208. The number of nitrogens with one attached hydrogen (secondary N) is 1. The monoisotopic (exact) mass is 419 g/mol. The maximum Gasteiger partial charge on any atom is 0.222 e. The van der Waals surface area contributed by atoms with Crippen LogP contribution in [0.3, 0.4) is 0 Å². The fraction of sp³-hybridized carbons (Fsp3) is 0.375. The number of aryl methyl sites for hydroxylation is 1. The normalized spacial score (nSPS) is 16.3. The first-order valence-corrected chi connectivity index (χ1v) is 10.8. The fourth-order valence-corrected chi connectivity index (χ4v) is 4.02. The van der Waals surface area contributed by atoms with E-state index in [9.17, 15) is 9.59 Å². The molecule has 7 heteroatoms. The molecule has 0 bridgehead atoms. The first-order valence-electron chi connectivity index (χ1n) is 10.8. The highest BCUT2D eigenvalue weighted by atomic mass is 16.1. The third-order valence-electron chi connectivity index (χ3n) is 5.89. The topological polar surface area (TPSA) is 70.5 Å². The second kappa shape index (κ2) is 9.85. The molecule has 0 saturated carbocycles. The molecule has 0 radical (unpaired) electrons. The van der Waals surface area contributed by atoms with Gasteiger partial charge in [-0.2, -0.15) is 5.10 Å². The summed E-state index contributed by atoms with van der Waals surface area (Å²) in [7, 11) is 2.14. The number of fused-ring (bicyclic) bond motifs is 1. The number of piperazine rings is 1. The van der Waals surface area contributed by atoms with Crippen LogP contribution in [0.5, 0.6) is 0 Å². The maximum absolute atomic E-state index is 12.9. The van der Waals surface area contributed by atoms with E-state index >= 15 is 0 Å². The Balaban J connectivity index is 1.43. The first kappa shape index (κ1) is 21.2. The molecule has 0 spiro atoms. The van der Waals surface area contributed by atoms with Crippen molar-refractivity contribution in [1.82, 2.24) is 24.9 Å². The molecule has 1 aliphatic rings. The lowest BCUT2D eigenvalue weighted by Gasteiger charge is -2.35. The molecule has 1 atom stereocenters. The smallest absolute Gasteiger partial charge is 0.222 e. The SMILES string of the molecule is CN1CCN(CC(NC(=O)CCn2ncc(=O)c3ccccc32)c2ccccc2)CC1. The lowest BCUT2D eigenvalue weighted by Crippen LogP contribution is -2.47. The molecule has 1 aromatic heterocycles. The number of likely N-dealkylation sites (N-methyl/N-ethyl adjacent to an activating group) is 1. The lowest BCUT2D eigenvalue weighted by molar-refractivity contribution is -0.122. The number of para-hydroxylation sites is 1. The molecule has 1 unspecified atom stereocenters. The van der Waals surface area contributed by atoms with E-state index in [2.05, 4.69) is 39.4 Å². The van der Waals surface area contributed by atoms with E-state index in [1.807, 2.05) is 36.4 Å². The second-order valence-electron chi connectivity index (χ2n) is 8.13. The molecule has 162 valence electrons. The van der Waals surface area contributed by atoms with Crippen LogP contribution in [0.1, 0.15) is 18.0 Å². The van der Waals surface area contributed by atoms with E-state index < -0.39 is 0 Å². The van der Waals surface area contributed by atoms with Crippen molar-refractivity contribution in [3.63, 3.8) is 0 Å². The number of aromatic nitrogens is 2. The summed E-state index contributed by atoms with van der Waals surface area (Å²) in [4.78, 5) is 29.6. The second-order valence-corrected chi connectivity index (χ2v) is 8.13. The van der Waals surface area contributed by atoms with Gasteiger partial charge in [0, 0.05) is 44.5 Å². The van der Waals surface area contributed by atoms with Crippen LogP contribution in [-0.4, -0.2) is 65.3 Å². The highest BCUT2D eigenvalue weighted by Gasteiger charge is 2.21. The Labute approximate surface area is 182 Å². The van der Waals surface area contributed by atoms with E-state index in [-0.39, 0.29) is 17.4 Å². The Morgan fingerprint density at radius 3 is 2.52 bits per heavy atom. The number of hydrogen-bond acceptors (Lipinski definition) is 5. The maximum atomic E-state index is 12.9. The molecule has 1 saturated heterocycles. The Morgan fingerprint density at radius 1 is 1.03 bits per heavy atom. The molecule has 1 N–H and O–H groups in total. The predicted octanol–water partition coefficient (Wildman–Crippen LogP) is 1.89. The van der Waals surface area contributed by atoms with Crippen molar-refractivity contribution < 1.29 is 4.79 Å². The summed E-state index contributed by atoms with van der Waals surface area (Å²) >= 11 is 0. The number of nitrogens with zero attached hydrogens (tertiary/aromatic N) is 4. The fourth-order valence-electron chi connectivity index (χ4n) is 4.02. The van der Waals surface area contributed by atoms with Gasteiger partial charge in [0.15, 0.2) is 0 Å². The Morgan fingerprint density at radius 2 is 1.74 bits per heavy atom. The summed E-state index contributed by atoms with van der Waals surface area (Å²) < 4.78 is 1.73.